The molecule has 1 aliphatic heterocycles. The van der Waals surface area contributed by atoms with Gasteiger partial charge in [-0.3, -0.25) is 4.79 Å². The lowest BCUT2D eigenvalue weighted by molar-refractivity contribution is -0.116. The van der Waals surface area contributed by atoms with Crippen molar-refractivity contribution in [3.8, 4) is 0 Å². The van der Waals surface area contributed by atoms with E-state index in [1.807, 2.05) is 42.5 Å². The molecule has 1 atom stereocenters. The second-order valence-corrected chi connectivity index (χ2v) is 5.40. The average molecular weight is 266 g/mol. The molecule has 3 nitrogen and oxygen atoms in total. The Morgan fingerprint density at radius 2 is 1.75 bits per heavy atom. The predicted molar refractivity (Wildman–Crippen MR) is 82.0 cm³/mol. The highest BCUT2D eigenvalue weighted by Gasteiger charge is 2.30. The van der Waals surface area contributed by atoms with E-state index in [1.165, 1.54) is 5.56 Å². The third-order valence-corrected chi connectivity index (χ3v) is 3.67. The maximum Gasteiger partial charge on any atom is 0.251 e. The number of anilines is 2. The molecule has 3 heteroatoms. The van der Waals surface area contributed by atoms with Crippen molar-refractivity contribution in [2.75, 3.05) is 10.6 Å². The van der Waals surface area contributed by atoms with Crippen LogP contribution in [0.5, 0.6) is 0 Å². The summed E-state index contributed by atoms with van der Waals surface area (Å²) in [6.07, 6.45) is 0. The number of nitrogens with one attached hydrogen (secondary N) is 2. The molecule has 0 aromatic heterocycles. The van der Waals surface area contributed by atoms with Crippen LogP contribution in [0.4, 0.5) is 11.4 Å². The van der Waals surface area contributed by atoms with Crippen LogP contribution in [0.3, 0.4) is 0 Å². The number of benzene rings is 2. The molecule has 0 spiro atoms. The fraction of sp³-hybridized carbons (Fsp3) is 0.235. The molecule has 1 unspecified atom stereocenters. The molecule has 1 aliphatic rings. The van der Waals surface area contributed by atoms with E-state index in [0.29, 0.717) is 5.92 Å². The minimum Gasteiger partial charge on any atom is -0.370 e. The van der Waals surface area contributed by atoms with Crippen molar-refractivity contribution in [1.82, 2.24) is 0 Å². The van der Waals surface area contributed by atoms with Crippen LogP contribution >= 0.6 is 0 Å². The molecule has 0 bridgehead atoms. The Kier molecular flexibility index (Phi) is 3.18. The van der Waals surface area contributed by atoms with Gasteiger partial charge in [-0.25, -0.2) is 0 Å². The van der Waals surface area contributed by atoms with Gasteiger partial charge >= 0.3 is 0 Å². The van der Waals surface area contributed by atoms with Gasteiger partial charge < -0.3 is 10.6 Å². The van der Waals surface area contributed by atoms with E-state index in [0.717, 1.165) is 16.9 Å². The number of amides is 1. The Hall–Kier alpha value is -2.29. The van der Waals surface area contributed by atoms with Crippen molar-refractivity contribution < 1.29 is 4.79 Å². The molecule has 0 saturated heterocycles. The summed E-state index contributed by atoms with van der Waals surface area (Å²) >= 11 is 0. The molecule has 2 aromatic rings. The lowest BCUT2D eigenvalue weighted by atomic mass is 10.00. The Morgan fingerprint density at radius 3 is 2.55 bits per heavy atom. The van der Waals surface area contributed by atoms with Crippen molar-refractivity contribution in [3.05, 3.63) is 59.7 Å². The second-order valence-electron chi connectivity index (χ2n) is 5.40. The van der Waals surface area contributed by atoms with Gasteiger partial charge in [-0.2, -0.15) is 0 Å². The molecule has 0 radical (unpaired) electrons. The van der Waals surface area contributed by atoms with Gasteiger partial charge in [0.1, 0.15) is 6.04 Å². The third kappa shape index (κ3) is 2.16. The van der Waals surface area contributed by atoms with Crippen LogP contribution in [0.2, 0.25) is 0 Å². The molecule has 102 valence electrons. The van der Waals surface area contributed by atoms with Gasteiger partial charge in [0.25, 0.3) is 5.91 Å². The molecule has 0 saturated carbocycles. The lowest BCUT2D eigenvalue weighted by Crippen LogP contribution is -2.20. The highest BCUT2D eigenvalue weighted by atomic mass is 16.2. The van der Waals surface area contributed by atoms with Crippen molar-refractivity contribution >= 4 is 17.3 Å². The van der Waals surface area contributed by atoms with Crippen molar-refractivity contribution in [3.63, 3.8) is 0 Å². The average Bonchev–Trinajstić information content (AvgIpc) is 2.76. The zero-order chi connectivity index (χ0) is 14.1. The van der Waals surface area contributed by atoms with Crippen LogP contribution in [0.25, 0.3) is 0 Å². The zero-order valence-corrected chi connectivity index (χ0v) is 11.7. The van der Waals surface area contributed by atoms with Crippen molar-refractivity contribution in [1.29, 1.82) is 0 Å². The first-order valence-electron chi connectivity index (χ1n) is 6.92. The Labute approximate surface area is 119 Å². The highest BCUT2D eigenvalue weighted by molar-refractivity contribution is 6.04. The Balaban J connectivity index is 1.94. The van der Waals surface area contributed by atoms with E-state index in [1.54, 1.807) is 0 Å². The quantitative estimate of drug-likeness (QED) is 0.884. The van der Waals surface area contributed by atoms with Crippen LogP contribution in [0, 0.1) is 0 Å². The molecule has 20 heavy (non-hydrogen) atoms. The smallest absolute Gasteiger partial charge is 0.251 e. The van der Waals surface area contributed by atoms with E-state index in [9.17, 15) is 4.79 Å². The third-order valence-electron chi connectivity index (χ3n) is 3.67. The molecule has 2 N–H and O–H groups in total. The predicted octanol–water partition coefficient (Wildman–Crippen LogP) is 3.92. The summed E-state index contributed by atoms with van der Waals surface area (Å²) in [4.78, 5) is 12.1. The highest BCUT2D eigenvalue weighted by Crippen LogP contribution is 2.34. The van der Waals surface area contributed by atoms with Gasteiger partial charge in [0.15, 0.2) is 0 Å². The molecule has 2 aromatic carbocycles. The number of hydrogen-bond acceptors (Lipinski definition) is 2. The monoisotopic (exact) mass is 266 g/mol. The first kappa shape index (κ1) is 12.7. The molecule has 0 aliphatic carbocycles. The number of para-hydroxylation sites is 2. The van der Waals surface area contributed by atoms with Gasteiger partial charge in [0, 0.05) is 16.9 Å². The second kappa shape index (κ2) is 5.00. The van der Waals surface area contributed by atoms with Crippen molar-refractivity contribution in [2.45, 2.75) is 25.8 Å². The van der Waals surface area contributed by atoms with E-state index < -0.39 is 0 Å². The first-order valence-corrected chi connectivity index (χ1v) is 6.92. The molecular formula is C17H18N2O. The van der Waals surface area contributed by atoms with Gasteiger partial charge in [-0.1, -0.05) is 50.2 Å². The first-order chi connectivity index (χ1) is 9.66. The number of fused-ring (bicyclic) bond motifs is 1. The topological polar surface area (TPSA) is 41.1 Å². The normalized spacial score (nSPS) is 16.9. The molecular weight excluding hydrogens is 248 g/mol. The van der Waals surface area contributed by atoms with Gasteiger partial charge in [-0.15, -0.1) is 0 Å². The maximum absolute atomic E-state index is 12.1. The molecule has 0 fully saturated rings. The minimum atomic E-state index is -0.314. The zero-order valence-electron chi connectivity index (χ0n) is 11.7. The summed E-state index contributed by atoms with van der Waals surface area (Å²) in [6.45, 7) is 4.31. The Morgan fingerprint density at radius 1 is 1.05 bits per heavy atom. The summed E-state index contributed by atoms with van der Waals surface area (Å²) in [5, 5.41) is 6.30. The number of carbonyl (C=O) groups excluding carboxylic acids is 1. The fourth-order valence-corrected chi connectivity index (χ4v) is 2.64. The van der Waals surface area contributed by atoms with Crippen LogP contribution in [0.1, 0.15) is 36.9 Å². The van der Waals surface area contributed by atoms with E-state index in [2.05, 4.69) is 30.5 Å². The SMILES string of the molecule is CC(C)c1ccccc1NC1C(=O)Nc2ccccc21. The van der Waals surface area contributed by atoms with E-state index in [4.69, 9.17) is 0 Å². The van der Waals surface area contributed by atoms with E-state index >= 15 is 0 Å². The summed E-state index contributed by atoms with van der Waals surface area (Å²) in [5.41, 5.74) is 4.16. The molecule has 3 rings (SSSR count). The maximum atomic E-state index is 12.1. The lowest BCUT2D eigenvalue weighted by Gasteiger charge is -2.18. The molecule has 1 amide bonds. The Bertz CT molecular complexity index is 649. The van der Waals surface area contributed by atoms with Crippen LogP contribution in [-0.2, 0) is 4.79 Å². The van der Waals surface area contributed by atoms with Crippen molar-refractivity contribution in [2.24, 2.45) is 0 Å². The van der Waals surface area contributed by atoms with Gasteiger partial charge in [-0.05, 0) is 23.6 Å². The van der Waals surface area contributed by atoms with E-state index in [-0.39, 0.29) is 11.9 Å². The van der Waals surface area contributed by atoms with Crippen LogP contribution < -0.4 is 10.6 Å². The summed E-state index contributed by atoms with van der Waals surface area (Å²) in [6, 6.07) is 15.7. The standard InChI is InChI=1S/C17H18N2O/c1-11(2)12-7-3-5-9-14(12)18-16-13-8-4-6-10-15(13)19-17(16)20/h3-11,16,18H,1-2H3,(H,19,20). The largest absolute Gasteiger partial charge is 0.370 e. The summed E-state index contributed by atoms with van der Waals surface area (Å²) in [5.74, 6) is 0.420. The fourth-order valence-electron chi connectivity index (χ4n) is 2.64. The molecule has 1 heterocycles. The summed E-state index contributed by atoms with van der Waals surface area (Å²) in [7, 11) is 0. The van der Waals surface area contributed by atoms with Gasteiger partial charge in [0.2, 0.25) is 0 Å². The minimum absolute atomic E-state index is 0.00441. The number of hydrogen-bond donors (Lipinski definition) is 2. The summed E-state index contributed by atoms with van der Waals surface area (Å²) < 4.78 is 0. The number of rotatable bonds is 3. The van der Waals surface area contributed by atoms with Gasteiger partial charge in [0.05, 0.1) is 0 Å². The number of carbonyl (C=O) groups is 1. The van der Waals surface area contributed by atoms with Crippen LogP contribution in [-0.4, -0.2) is 5.91 Å². The van der Waals surface area contributed by atoms with Crippen LogP contribution in [0.15, 0.2) is 48.5 Å².